The molecule has 0 bridgehead atoms. The fourth-order valence-electron chi connectivity index (χ4n) is 2.60. The average molecular weight is 457 g/mol. The SMILES string of the molecule is COc1cccc(-c2csc(/C=C(/C)SC(=Nc3ccc(Cl)cc3)N(C)C=O)c2)c1. The zero-order valence-electron chi connectivity index (χ0n) is 16.8. The molecule has 154 valence electrons. The van der Waals surface area contributed by atoms with E-state index in [2.05, 4.69) is 28.6 Å². The maximum absolute atomic E-state index is 11.3. The van der Waals surface area contributed by atoms with E-state index in [0.717, 1.165) is 38.8 Å². The summed E-state index contributed by atoms with van der Waals surface area (Å²) in [5.74, 6) is 0.836. The first-order valence-electron chi connectivity index (χ1n) is 9.10. The zero-order valence-corrected chi connectivity index (χ0v) is 19.2. The molecule has 0 radical (unpaired) electrons. The van der Waals surface area contributed by atoms with Gasteiger partial charge in [0, 0.05) is 16.9 Å². The predicted molar refractivity (Wildman–Crippen MR) is 130 cm³/mol. The van der Waals surface area contributed by atoms with Crippen molar-refractivity contribution < 1.29 is 9.53 Å². The minimum absolute atomic E-state index is 0.589. The van der Waals surface area contributed by atoms with Gasteiger partial charge >= 0.3 is 0 Å². The molecule has 0 saturated heterocycles. The van der Waals surface area contributed by atoms with Crippen molar-refractivity contribution in [2.45, 2.75) is 6.92 Å². The molecular formula is C23H21ClN2O2S2. The number of ether oxygens (including phenoxy) is 1. The number of amides is 1. The third-order valence-corrected chi connectivity index (χ3v) is 6.27. The fraction of sp³-hybridized carbons (Fsp3) is 0.130. The molecule has 3 aromatic rings. The summed E-state index contributed by atoms with van der Waals surface area (Å²) in [5, 5.41) is 3.36. The van der Waals surface area contributed by atoms with Crippen molar-refractivity contribution in [2.24, 2.45) is 4.99 Å². The van der Waals surface area contributed by atoms with Crippen molar-refractivity contribution in [1.82, 2.24) is 4.90 Å². The standard InChI is InChI=1S/C23H21ClN2O2S2/c1-16(30-23(26(2)15-27)25-20-9-7-19(24)8-10-20)11-22-13-18(14-29-22)17-5-4-6-21(12-17)28-3/h4-15H,1-3H3/b16-11-,25-23?. The second kappa shape index (κ2) is 10.5. The molecule has 0 aliphatic rings. The van der Waals surface area contributed by atoms with Gasteiger partial charge in [0.15, 0.2) is 5.17 Å². The lowest BCUT2D eigenvalue weighted by atomic mass is 10.1. The Balaban J connectivity index is 1.80. The van der Waals surface area contributed by atoms with Crippen LogP contribution in [-0.4, -0.2) is 30.6 Å². The number of thioether (sulfide) groups is 1. The van der Waals surface area contributed by atoms with Gasteiger partial charge in [-0.1, -0.05) is 35.5 Å². The highest BCUT2D eigenvalue weighted by Gasteiger charge is 2.09. The Kier molecular flexibility index (Phi) is 7.74. The third-order valence-electron chi connectivity index (χ3n) is 4.13. The van der Waals surface area contributed by atoms with Gasteiger partial charge in [0.2, 0.25) is 6.41 Å². The highest BCUT2D eigenvalue weighted by molar-refractivity contribution is 8.17. The number of thiophene rings is 1. The van der Waals surface area contributed by atoms with E-state index in [1.54, 1.807) is 37.6 Å². The van der Waals surface area contributed by atoms with Crippen LogP contribution >= 0.6 is 34.7 Å². The molecule has 0 aliphatic carbocycles. The topological polar surface area (TPSA) is 41.9 Å². The molecule has 0 saturated carbocycles. The van der Waals surface area contributed by atoms with Crippen LogP contribution in [0.15, 0.2) is 69.9 Å². The smallest absolute Gasteiger partial charge is 0.215 e. The molecule has 0 aliphatic heterocycles. The summed E-state index contributed by atoms with van der Waals surface area (Å²) < 4.78 is 5.31. The van der Waals surface area contributed by atoms with Crippen molar-refractivity contribution >= 4 is 58.0 Å². The van der Waals surface area contributed by atoms with E-state index in [-0.39, 0.29) is 0 Å². The normalized spacial score (nSPS) is 12.0. The van der Waals surface area contributed by atoms with Crippen molar-refractivity contribution in [3.63, 3.8) is 0 Å². The minimum Gasteiger partial charge on any atom is -0.497 e. The van der Waals surface area contributed by atoms with Gasteiger partial charge in [0.25, 0.3) is 0 Å². The Morgan fingerprint density at radius 2 is 1.93 bits per heavy atom. The number of benzene rings is 2. The number of halogens is 1. The molecule has 1 amide bonds. The number of carbonyl (C=O) groups is 1. The second-order valence-electron chi connectivity index (χ2n) is 6.41. The number of amidine groups is 1. The van der Waals surface area contributed by atoms with Crippen LogP contribution in [0.2, 0.25) is 5.02 Å². The van der Waals surface area contributed by atoms with Gasteiger partial charge in [-0.2, -0.15) is 0 Å². The van der Waals surface area contributed by atoms with E-state index >= 15 is 0 Å². The molecule has 1 heterocycles. The lowest BCUT2D eigenvalue weighted by molar-refractivity contribution is -0.113. The van der Waals surface area contributed by atoms with Crippen LogP contribution < -0.4 is 4.74 Å². The number of rotatable bonds is 6. The number of hydrogen-bond acceptors (Lipinski definition) is 5. The first kappa shape index (κ1) is 22.2. The molecule has 3 rings (SSSR count). The molecule has 0 fully saturated rings. The van der Waals surface area contributed by atoms with E-state index in [1.807, 2.05) is 37.3 Å². The van der Waals surface area contributed by atoms with E-state index in [1.165, 1.54) is 16.7 Å². The maximum Gasteiger partial charge on any atom is 0.215 e. The van der Waals surface area contributed by atoms with Gasteiger partial charge in [-0.05, 0) is 76.9 Å². The Bertz CT molecular complexity index is 1070. The number of allylic oxidation sites excluding steroid dienone is 1. The summed E-state index contributed by atoms with van der Waals surface area (Å²) in [4.78, 5) is 19.5. The van der Waals surface area contributed by atoms with Crippen LogP contribution in [0.5, 0.6) is 5.75 Å². The molecular weight excluding hydrogens is 436 g/mol. The van der Waals surface area contributed by atoms with Gasteiger partial charge in [-0.15, -0.1) is 11.3 Å². The first-order valence-corrected chi connectivity index (χ1v) is 11.2. The Hall–Kier alpha value is -2.54. The van der Waals surface area contributed by atoms with Gasteiger partial charge < -0.3 is 4.74 Å². The highest BCUT2D eigenvalue weighted by Crippen LogP contribution is 2.31. The van der Waals surface area contributed by atoms with E-state index < -0.39 is 0 Å². The Labute approximate surface area is 189 Å². The minimum atomic E-state index is 0.589. The molecule has 0 atom stereocenters. The zero-order chi connectivity index (χ0) is 21.5. The summed E-state index contributed by atoms with van der Waals surface area (Å²) in [6.45, 7) is 2.01. The van der Waals surface area contributed by atoms with Crippen LogP contribution in [0.1, 0.15) is 11.8 Å². The third kappa shape index (κ3) is 5.98. The summed E-state index contributed by atoms with van der Waals surface area (Å²) in [5.41, 5.74) is 2.99. The quantitative estimate of drug-likeness (QED) is 0.229. The largest absolute Gasteiger partial charge is 0.497 e. The van der Waals surface area contributed by atoms with Crippen molar-refractivity contribution in [3.8, 4) is 16.9 Å². The van der Waals surface area contributed by atoms with Gasteiger partial charge in [0.1, 0.15) is 5.75 Å². The average Bonchev–Trinajstić information content (AvgIpc) is 3.22. The molecule has 4 nitrogen and oxygen atoms in total. The monoisotopic (exact) mass is 456 g/mol. The lowest BCUT2D eigenvalue weighted by Gasteiger charge is -2.13. The Morgan fingerprint density at radius 3 is 2.63 bits per heavy atom. The first-order chi connectivity index (χ1) is 14.5. The predicted octanol–water partition coefficient (Wildman–Crippen LogP) is 6.95. The van der Waals surface area contributed by atoms with Crippen LogP contribution in [0.3, 0.4) is 0 Å². The molecule has 0 unspecified atom stereocenters. The Morgan fingerprint density at radius 1 is 1.17 bits per heavy atom. The summed E-state index contributed by atoms with van der Waals surface area (Å²) in [6.07, 6.45) is 2.84. The van der Waals surface area contributed by atoms with Crippen molar-refractivity contribution in [2.75, 3.05) is 14.2 Å². The van der Waals surface area contributed by atoms with Gasteiger partial charge in [0.05, 0.1) is 12.8 Å². The molecule has 0 N–H and O–H groups in total. The number of methoxy groups -OCH3 is 1. The van der Waals surface area contributed by atoms with Crippen LogP contribution in [0, 0.1) is 0 Å². The van der Waals surface area contributed by atoms with Crippen molar-refractivity contribution in [1.29, 1.82) is 0 Å². The van der Waals surface area contributed by atoms with E-state index in [0.29, 0.717) is 10.2 Å². The van der Waals surface area contributed by atoms with Gasteiger partial charge in [-0.25, -0.2) is 4.99 Å². The molecule has 2 aromatic carbocycles. The molecule has 7 heteroatoms. The van der Waals surface area contributed by atoms with E-state index in [4.69, 9.17) is 16.3 Å². The summed E-state index contributed by atoms with van der Waals surface area (Å²) >= 11 is 9.05. The fourth-order valence-corrected chi connectivity index (χ4v) is 4.52. The van der Waals surface area contributed by atoms with Crippen LogP contribution in [-0.2, 0) is 4.79 Å². The molecule has 0 spiro atoms. The van der Waals surface area contributed by atoms with E-state index in [9.17, 15) is 4.79 Å². The summed E-state index contributed by atoms with van der Waals surface area (Å²) in [6, 6.07) is 17.3. The maximum atomic E-state index is 11.3. The second-order valence-corrected chi connectivity index (χ2v) is 9.01. The molecule has 1 aromatic heterocycles. The van der Waals surface area contributed by atoms with Crippen molar-refractivity contribution in [3.05, 3.63) is 74.8 Å². The summed E-state index contributed by atoms with van der Waals surface area (Å²) in [7, 11) is 3.36. The number of nitrogens with zero attached hydrogens (tertiary/aromatic N) is 2. The van der Waals surface area contributed by atoms with Crippen LogP contribution in [0.25, 0.3) is 17.2 Å². The lowest BCUT2D eigenvalue weighted by Crippen LogP contribution is -2.21. The number of aliphatic imine (C=N–C) groups is 1. The van der Waals surface area contributed by atoms with Crippen LogP contribution in [0.4, 0.5) is 5.69 Å². The number of carbonyl (C=O) groups excluding carboxylic acids is 1. The number of hydrogen-bond donors (Lipinski definition) is 0. The molecule has 30 heavy (non-hydrogen) atoms. The highest BCUT2D eigenvalue weighted by atomic mass is 35.5. The van der Waals surface area contributed by atoms with Gasteiger partial charge in [-0.3, -0.25) is 9.69 Å².